The predicted octanol–water partition coefficient (Wildman–Crippen LogP) is 2.11. The summed E-state index contributed by atoms with van der Waals surface area (Å²) in [4.78, 5) is 12.4. The first-order valence-corrected chi connectivity index (χ1v) is 10.4. The van der Waals surface area contributed by atoms with Gasteiger partial charge in [-0.3, -0.25) is 4.57 Å². The Kier molecular flexibility index (Phi) is 7.73. The van der Waals surface area contributed by atoms with E-state index in [4.69, 9.17) is 18.5 Å². The molecule has 1 unspecified atom stereocenters. The van der Waals surface area contributed by atoms with Crippen LogP contribution in [-0.4, -0.2) is 60.2 Å². The molecule has 0 spiro atoms. The highest BCUT2D eigenvalue weighted by molar-refractivity contribution is 7.54. The number of carbonyl (C=O) groups is 1. The van der Waals surface area contributed by atoms with Crippen LogP contribution in [0.1, 0.15) is 24.2 Å². The second-order valence-corrected chi connectivity index (χ2v) is 7.99. The second-order valence-electron chi connectivity index (χ2n) is 5.89. The van der Waals surface area contributed by atoms with Gasteiger partial charge in [-0.25, -0.2) is 4.79 Å². The Morgan fingerprint density at radius 1 is 1.26 bits per heavy atom. The molecule has 1 aromatic rings. The van der Waals surface area contributed by atoms with Gasteiger partial charge in [-0.15, -0.1) is 0 Å². The summed E-state index contributed by atoms with van der Waals surface area (Å²) in [5, 5.41) is 20.0. The van der Waals surface area contributed by atoms with Crippen LogP contribution in [0.4, 0.5) is 0 Å². The lowest BCUT2D eigenvalue weighted by atomic mass is 9.98. The summed E-state index contributed by atoms with van der Waals surface area (Å²) in [6.45, 7) is 3.57. The zero-order chi connectivity index (χ0) is 19.9. The number of hydrogen-bond acceptors (Lipinski definition) is 8. The summed E-state index contributed by atoms with van der Waals surface area (Å²) >= 11 is 0. The van der Waals surface area contributed by atoms with E-state index in [2.05, 4.69) is 0 Å². The lowest BCUT2D eigenvalue weighted by molar-refractivity contribution is -0.117. The van der Waals surface area contributed by atoms with Gasteiger partial charge >= 0.3 is 13.6 Å². The number of aliphatic hydroxyl groups is 2. The van der Waals surface area contributed by atoms with Gasteiger partial charge in [0.15, 0.2) is 18.0 Å². The Bertz CT molecular complexity index is 682. The fourth-order valence-corrected chi connectivity index (χ4v) is 4.06. The molecule has 0 aliphatic carbocycles. The minimum Gasteiger partial charge on any atom is -0.446 e. The first-order valence-electron chi connectivity index (χ1n) is 8.68. The van der Waals surface area contributed by atoms with Crippen molar-refractivity contribution in [3.8, 4) is 0 Å². The molecule has 0 saturated carbocycles. The molecule has 1 aliphatic heterocycles. The molecule has 2 N–H and O–H groups in total. The van der Waals surface area contributed by atoms with Crippen LogP contribution in [0.3, 0.4) is 0 Å². The van der Waals surface area contributed by atoms with Crippen LogP contribution in [-0.2, 0) is 23.1 Å². The van der Waals surface area contributed by atoms with Crippen molar-refractivity contribution < 1.29 is 38.1 Å². The molecule has 0 amide bonds. The maximum atomic E-state index is 12.5. The highest BCUT2D eigenvalue weighted by Crippen LogP contribution is 2.48. The number of ether oxygens (including phenoxy) is 2. The van der Waals surface area contributed by atoms with Crippen molar-refractivity contribution in [2.24, 2.45) is 0 Å². The van der Waals surface area contributed by atoms with Gasteiger partial charge in [0.1, 0.15) is 0 Å². The van der Waals surface area contributed by atoms with Gasteiger partial charge in [-0.05, 0) is 32.1 Å². The average Bonchev–Trinajstić information content (AvgIpc) is 2.91. The summed E-state index contributed by atoms with van der Waals surface area (Å²) in [7, 11) is -3.35. The summed E-state index contributed by atoms with van der Waals surface area (Å²) < 4.78 is 33.4. The van der Waals surface area contributed by atoms with Gasteiger partial charge in [-0.1, -0.05) is 24.3 Å². The number of benzene rings is 1. The number of aliphatic hydroxyl groups excluding tert-OH is 2. The largest absolute Gasteiger partial charge is 0.446 e. The number of rotatable bonds is 9. The standard InChI is InChI=1S/C18H25O8P/c1-3-24-27(22,25-4-2)12-8-11-18(13-23-17(21)15(18)19)26-16(20)14-9-6-5-7-10-14/h5-11,15,17,19,21H,3-4,12-13H2,1-2H3/b11-8+/t15-,17?,18+/m0/s1. The third kappa shape index (κ3) is 5.48. The van der Waals surface area contributed by atoms with E-state index < -0.39 is 31.6 Å². The van der Waals surface area contributed by atoms with Gasteiger partial charge in [0, 0.05) is 0 Å². The van der Waals surface area contributed by atoms with E-state index in [1.807, 2.05) is 0 Å². The zero-order valence-corrected chi connectivity index (χ0v) is 16.2. The Hall–Kier alpha value is -1.54. The number of allylic oxidation sites excluding steroid dienone is 1. The van der Waals surface area contributed by atoms with E-state index in [9.17, 15) is 19.6 Å². The van der Waals surface area contributed by atoms with Crippen molar-refractivity contribution in [2.45, 2.75) is 31.8 Å². The molecule has 150 valence electrons. The molecule has 1 aromatic carbocycles. The fourth-order valence-electron chi connectivity index (χ4n) is 2.63. The number of esters is 1. The van der Waals surface area contributed by atoms with Gasteiger partial charge in [0.2, 0.25) is 0 Å². The minimum atomic E-state index is -3.35. The predicted molar refractivity (Wildman–Crippen MR) is 97.4 cm³/mol. The molecule has 9 heteroatoms. The summed E-state index contributed by atoms with van der Waals surface area (Å²) in [5.74, 6) is -0.685. The van der Waals surface area contributed by atoms with Crippen molar-refractivity contribution in [3.05, 3.63) is 48.0 Å². The van der Waals surface area contributed by atoms with Crippen molar-refractivity contribution in [1.82, 2.24) is 0 Å². The van der Waals surface area contributed by atoms with Gasteiger partial charge in [0.05, 0.1) is 31.5 Å². The molecule has 1 fully saturated rings. The highest BCUT2D eigenvalue weighted by atomic mass is 31.2. The molecular weight excluding hydrogens is 375 g/mol. The molecular formula is C18H25O8P. The molecule has 0 bridgehead atoms. The third-order valence-electron chi connectivity index (χ3n) is 3.92. The van der Waals surface area contributed by atoms with Gasteiger partial charge < -0.3 is 28.7 Å². The molecule has 1 saturated heterocycles. The first-order chi connectivity index (χ1) is 12.9. The van der Waals surface area contributed by atoms with E-state index in [0.717, 1.165) is 0 Å². The number of hydrogen-bond donors (Lipinski definition) is 2. The van der Waals surface area contributed by atoms with Crippen LogP contribution >= 0.6 is 7.60 Å². The Morgan fingerprint density at radius 3 is 2.41 bits per heavy atom. The van der Waals surface area contributed by atoms with E-state index in [1.54, 1.807) is 44.2 Å². The van der Waals surface area contributed by atoms with Crippen LogP contribution in [0.15, 0.2) is 42.5 Å². The number of carbonyl (C=O) groups excluding carboxylic acids is 1. The van der Waals surface area contributed by atoms with Crippen LogP contribution in [0.5, 0.6) is 0 Å². The maximum Gasteiger partial charge on any atom is 0.339 e. The lowest BCUT2D eigenvalue weighted by Crippen LogP contribution is -2.46. The molecule has 0 radical (unpaired) electrons. The Balaban J connectivity index is 2.19. The maximum absolute atomic E-state index is 12.5. The quantitative estimate of drug-likeness (QED) is 0.368. The highest BCUT2D eigenvalue weighted by Gasteiger charge is 2.50. The second kappa shape index (κ2) is 9.59. The molecule has 1 aliphatic rings. The fraction of sp³-hybridized carbons (Fsp3) is 0.500. The van der Waals surface area contributed by atoms with E-state index in [0.29, 0.717) is 0 Å². The van der Waals surface area contributed by atoms with Crippen LogP contribution in [0, 0.1) is 0 Å². The lowest BCUT2D eigenvalue weighted by Gasteiger charge is -2.28. The molecule has 8 nitrogen and oxygen atoms in total. The Labute approximate surface area is 158 Å². The average molecular weight is 400 g/mol. The summed E-state index contributed by atoms with van der Waals surface area (Å²) in [5.41, 5.74) is -1.33. The third-order valence-corrected chi connectivity index (χ3v) is 5.88. The van der Waals surface area contributed by atoms with Crippen LogP contribution in [0.25, 0.3) is 0 Å². The SMILES string of the molecule is CCOP(=O)(C/C=C/[C@@]1(OC(=O)c2ccccc2)COC(O)[C@@H]1O)OCC. The summed E-state index contributed by atoms with van der Waals surface area (Å²) in [6.07, 6.45) is -0.292. The monoisotopic (exact) mass is 400 g/mol. The normalized spacial score (nSPS) is 25.8. The van der Waals surface area contributed by atoms with E-state index in [-0.39, 0.29) is 31.5 Å². The Morgan fingerprint density at radius 2 is 1.89 bits per heavy atom. The van der Waals surface area contributed by atoms with Crippen molar-refractivity contribution >= 4 is 13.6 Å². The smallest absolute Gasteiger partial charge is 0.339 e. The van der Waals surface area contributed by atoms with Gasteiger partial charge in [0.25, 0.3) is 0 Å². The molecule has 27 heavy (non-hydrogen) atoms. The molecule has 0 aromatic heterocycles. The minimum absolute atomic E-state index is 0.0812. The van der Waals surface area contributed by atoms with Crippen LogP contribution < -0.4 is 0 Å². The van der Waals surface area contributed by atoms with Crippen molar-refractivity contribution in [1.29, 1.82) is 0 Å². The molecule has 3 atom stereocenters. The molecule has 2 rings (SSSR count). The zero-order valence-electron chi connectivity index (χ0n) is 15.3. The topological polar surface area (TPSA) is 112 Å². The van der Waals surface area contributed by atoms with Crippen molar-refractivity contribution in [2.75, 3.05) is 26.0 Å². The molecule has 1 heterocycles. The summed E-state index contributed by atoms with van der Waals surface area (Å²) in [6, 6.07) is 8.24. The van der Waals surface area contributed by atoms with Crippen LogP contribution in [0.2, 0.25) is 0 Å². The van der Waals surface area contributed by atoms with E-state index in [1.165, 1.54) is 12.2 Å². The first kappa shape index (κ1) is 21.8. The van der Waals surface area contributed by atoms with Gasteiger partial charge in [-0.2, -0.15) is 0 Å². The van der Waals surface area contributed by atoms with Crippen molar-refractivity contribution in [3.63, 3.8) is 0 Å². The van der Waals surface area contributed by atoms with E-state index >= 15 is 0 Å².